The van der Waals surface area contributed by atoms with E-state index in [0.29, 0.717) is 33.3 Å². The minimum atomic E-state index is -4.25. The van der Waals surface area contributed by atoms with Gasteiger partial charge in [-0.05, 0) is 42.6 Å². The average Bonchev–Trinajstić information content (AvgIpc) is 3.57. The number of aryl methyl sites for hydroxylation is 1. The van der Waals surface area contributed by atoms with Gasteiger partial charge in [0.25, 0.3) is 21.7 Å². The summed E-state index contributed by atoms with van der Waals surface area (Å²) in [6.45, 7) is 1.72. The lowest BCUT2D eigenvalue weighted by molar-refractivity contribution is 0.0941. The summed E-state index contributed by atoms with van der Waals surface area (Å²) >= 11 is 0. The van der Waals surface area contributed by atoms with Crippen LogP contribution in [-0.4, -0.2) is 43.3 Å². The second kappa shape index (κ2) is 11.1. The smallest absolute Gasteiger partial charge is 0.297 e. The molecule has 1 amide bonds. The van der Waals surface area contributed by atoms with Gasteiger partial charge in [0.2, 0.25) is 0 Å². The summed E-state index contributed by atoms with van der Waals surface area (Å²) < 4.78 is 30.2. The van der Waals surface area contributed by atoms with Gasteiger partial charge in [-0.2, -0.15) is 13.5 Å². The third-order valence-corrected chi connectivity index (χ3v) is 7.27. The summed E-state index contributed by atoms with van der Waals surface area (Å²) in [6.07, 6.45) is 6.39. The third-order valence-electron chi connectivity index (χ3n) is 6.79. The first kappa shape index (κ1) is 28.3. The molecule has 0 radical (unpaired) electrons. The zero-order valence-electron chi connectivity index (χ0n) is 23.5. The van der Waals surface area contributed by atoms with Gasteiger partial charge < -0.3 is 5.32 Å². The number of nitrogens with two attached hydrogens (primary N) is 1. The molecule has 4 N–H and O–H groups in total. The number of fused-ring (bicyclic) bond motifs is 2. The van der Waals surface area contributed by atoms with E-state index >= 15 is 0 Å². The van der Waals surface area contributed by atoms with Crippen LogP contribution in [0.15, 0.2) is 90.2 Å². The van der Waals surface area contributed by atoms with Crippen molar-refractivity contribution in [1.29, 1.82) is 0 Å². The van der Waals surface area contributed by atoms with Gasteiger partial charge in [-0.15, -0.1) is 5.10 Å². The van der Waals surface area contributed by atoms with E-state index < -0.39 is 22.2 Å². The molecule has 14 heteroatoms. The number of anilines is 1. The molecule has 4 aromatic heterocycles. The van der Waals surface area contributed by atoms with Crippen LogP contribution in [0.2, 0.25) is 0 Å². The largest absolute Gasteiger partial charge is 0.344 e. The van der Waals surface area contributed by atoms with Crippen LogP contribution in [0.1, 0.15) is 40.1 Å². The topological polar surface area (TPSA) is 171 Å². The maximum absolute atomic E-state index is 14.2. The van der Waals surface area contributed by atoms with Crippen molar-refractivity contribution in [3.63, 3.8) is 0 Å². The molecular formula is C30H25N9O4S. The number of carbonyl (C=O) groups excluding carboxylic acids is 1. The van der Waals surface area contributed by atoms with Gasteiger partial charge in [-0.25, -0.2) is 14.6 Å². The molecular weight excluding hydrogens is 582 g/mol. The molecule has 0 saturated heterocycles. The van der Waals surface area contributed by atoms with Crippen LogP contribution in [0.4, 0.5) is 5.82 Å². The Bertz CT molecular complexity index is 2300. The van der Waals surface area contributed by atoms with Crippen LogP contribution in [0.5, 0.6) is 0 Å². The lowest BCUT2D eigenvalue weighted by atomic mass is 10.0. The molecule has 0 saturated carbocycles. The predicted molar refractivity (Wildman–Crippen MR) is 164 cm³/mol. The first-order valence-corrected chi connectivity index (χ1v) is 14.8. The molecule has 0 fully saturated rings. The number of carbonyl (C=O) groups is 1. The van der Waals surface area contributed by atoms with Crippen LogP contribution in [0.25, 0.3) is 22.1 Å². The molecule has 6 aromatic rings. The number of benzene rings is 2. The molecule has 6 rings (SSSR count). The van der Waals surface area contributed by atoms with Gasteiger partial charge in [0.05, 0.1) is 23.2 Å². The molecule has 2 aromatic carbocycles. The van der Waals surface area contributed by atoms with Gasteiger partial charge >= 0.3 is 0 Å². The van der Waals surface area contributed by atoms with Gasteiger partial charge in [0.1, 0.15) is 5.56 Å². The van der Waals surface area contributed by atoms with Gasteiger partial charge in [0, 0.05) is 42.6 Å². The molecule has 0 bridgehead atoms. The Kier molecular flexibility index (Phi) is 7.17. The number of amides is 1. The van der Waals surface area contributed by atoms with Gasteiger partial charge in [0.15, 0.2) is 11.5 Å². The Hall–Kier alpha value is -5.78. The second-order valence-electron chi connectivity index (χ2n) is 9.92. The number of hydrogen-bond acceptors (Lipinski definition) is 7. The fourth-order valence-corrected chi connectivity index (χ4v) is 5.33. The van der Waals surface area contributed by atoms with E-state index in [1.807, 2.05) is 36.4 Å². The van der Waals surface area contributed by atoms with Crippen molar-refractivity contribution in [1.82, 2.24) is 34.3 Å². The van der Waals surface area contributed by atoms with Crippen molar-refractivity contribution < 1.29 is 13.2 Å². The first-order chi connectivity index (χ1) is 21.1. The summed E-state index contributed by atoms with van der Waals surface area (Å²) in [5, 5.41) is 17.4. The van der Waals surface area contributed by atoms with E-state index in [1.54, 1.807) is 55.3 Å². The molecule has 4 heterocycles. The van der Waals surface area contributed by atoms with Gasteiger partial charge in [-0.1, -0.05) is 42.2 Å². The maximum Gasteiger partial charge on any atom is 0.297 e. The fourth-order valence-electron chi connectivity index (χ4n) is 4.92. The summed E-state index contributed by atoms with van der Waals surface area (Å²) in [7, 11) is -2.46. The Morgan fingerprint density at radius 2 is 1.86 bits per heavy atom. The highest BCUT2D eigenvalue weighted by molar-refractivity contribution is 7.90. The van der Waals surface area contributed by atoms with Crippen LogP contribution in [-0.2, 0) is 17.3 Å². The minimum absolute atomic E-state index is 0.110. The third kappa shape index (κ3) is 5.52. The number of hydrogen-bond donors (Lipinski definition) is 3. The Balaban J connectivity index is 1.47. The number of rotatable bonds is 6. The normalized spacial score (nSPS) is 12.1. The summed E-state index contributed by atoms with van der Waals surface area (Å²) in [6, 6.07) is 17.1. The van der Waals surface area contributed by atoms with Gasteiger partial charge in [-0.3, -0.25) is 23.6 Å². The van der Waals surface area contributed by atoms with E-state index in [1.165, 1.54) is 21.5 Å². The Morgan fingerprint density at radius 1 is 1.07 bits per heavy atom. The Labute approximate surface area is 251 Å². The Morgan fingerprint density at radius 3 is 2.59 bits per heavy atom. The molecule has 13 nitrogen and oxygen atoms in total. The number of para-hydroxylation sites is 1. The highest BCUT2D eigenvalue weighted by atomic mass is 32.2. The van der Waals surface area contributed by atoms with Crippen molar-refractivity contribution in [3.8, 4) is 17.5 Å². The fraction of sp³-hybridized carbons (Fsp3) is 0.100. The highest BCUT2D eigenvalue weighted by Crippen LogP contribution is 2.25. The molecule has 0 aliphatic carbocycles. The summed E-state index contributed by atoms with van der Waals surface area (Å²) in [5.74, 6) is 5.21. The molecule has 0 aliphatic heterocycles. The number of aromatic nitrogens is 6. The monoisotopic (exact) mass is 607 g/mol. The SMILES string of the molecule is C[C@H](NC(=O)c1c(NS(N)(=O)=O)nn2cccnc12)c1cc2cccc(C#Cc3cnn(C)c3)c2c(=O)n1-c1ccccc1. The summed E-state index contributed by atoms with van der Waals surface area (Å²) in [4.78, 5) is 32.1. The van der Waals surface area contributed by atoms with E-state index in [-0.39, 0.29) is 22.6 Å². The van der Waals surface area contributed by atoms with Crippen LogP contribution in [0, 0.1) is 11.8 Å². The molecule has 44 heavy (non-hydrogen) atoms. The van der Waals surface area contributed by atoms with Crippen molar-refractivity contribution in [2.75, 3.05) is 4.72 Å². The zero-order valence-corrected chi connectivity index (χ0v) is 24.3. The average molecular weight is 608 g/mol. The molecule has 1 atom stereocenters. The standard InChI is InChI=1S/C30H25N9O4S/c1-19(34-29(40)26-27(36-44(31,42)43)35-38-15-7-14-32-28(26)38)24-16-22-9-6-8-21(13-12-20-17-33-37(2)18-20)25(22)30(41)39(24)23-10-4-3-5-11-23/h3-11,14-19H,1-2H3,(H,34,40)(H,35,36)(H2,31,42,43)/t19-/m0/s1. The molecule has 0 spiro atoms. The number of nitrogens with one attached hydrogen (secondary N) is 2. The summed E-state index contributed by atoms with van der Waals surface area (Å²) in [5.41, 5.74) is 1.97. The van der Waals surface area contributed by atoms with Crippen molar-refractivity contribution in [2.24, 2.45) is 12.2 Å². The lowest BCUT2D eigenvalue weighted by Gasteiger charge is -2.21. The molecule has 220 valence electrons. The molecule has 0 aliphatic rings. The van der Waals surface area contributed by atoms with Crippen molar-refractivity contribution >= 4 is 38.4 Å². The van der Waals surface area contributed by atoms with E-state index in [9.17, 15) is 18.0 Å². The minimum Gasteiger partial charge on any atom is -0.344 e. The lowest BCUT2D eigenvalue weighted by Crippen LogP contribution is -2.33. The van der Waals surface area contributed by atoms with Crippen molar-refractivity contribution in [3.05, 3.63) is 118 Å². The quantitative estimate of drug-likeness (QED) is 0.244. The predicted octanol–water partition coefficient (Wildman–Crippen LogP) is 2.27. The number of pyridine rings is 1. The van der Waals surface area contributed by atoms with Crippen LogP contribution >= 0.6 is 0 Å². The zero-order chi connectivity index (χ0) is 31.0. The van der Waals surface area contributed by atoms with Crippen LogP contribution < -0.4 is 20.7 Å². The van der Waals surface area contributed by atoms with Crippen molar-refractivity contribution in [2.45, 2.75) is 13.0 Å². The van der Waals surface area contributed by atoms with E-state index in [0.717, 1.165) is 0 Å². The molecule has 0 unspecified atom stereocenters. The number of nitrogens with zero attached hydrogens (tertiary/aromatic N) is 6. The van der Waals surface area contributed by atoms with Crippen LogP contribution in [0.3, 0.4) is 0 Å². The second-order valence-corrected chi connectivity index (χ2v) is 11.2. The highest BCUT2D eigenvalue weighted by Gasteiger charge is 2.26. The van der Waals surface area contributed by atoms with E-state index in [2.05, 4.69) is 37.1 Å². The van der Waals surface area contributed by atoms with E-state index in [4.69, 9.17) is 5.14 Å². The first-order valence-electron chi connectivity index (χ1n) is 13.3. The maximum atomic E-state index is 14.2.